The van der Waals surface area contributed by atoms with Gasteiger partial charge in [-0.15, -0.1) is 0 Å². The molecule has 0 aromatic rings. The van der Waals surface area contributed by atoms with Crippen LogP contribution in [0.2, 0.25) is 0 Å². The van der Waals surface area contributed by atoms with Gasteiger partial charge in [0.05, 0.1) is 19.1 Å². The first-order chi connectivity index (χ1) is 7.17. The van der Waals surface area contributed by atoms with Crippen LogP contribution in [0.4, 0.5) is 4.79 Å². The quantitative estimate of drug-likeness (QED) is 0.659. The third kappa shape index (κ3) is 5.23. The molecule has 0 aliphatic carbocycles. The van der Waals surface area contributed by atoms with E-state index in [1.165, 1.54) is 0 Å². The summed E-state index contributed by atoms with van der Waals surface area (Å²) in [6.45, 7) is 4.06. The molecule has 5 nitrogen and oxygen atoms in total. The Morgan fingerprint density at radius 2 is 2.13 bits per heavy atom. The zero-order valence-corrected chi connectivity index (χ0v) is 9.69. The number of hydrogen-bond donors (Lipinski definition) is 0. The normalized spacial score (nSPS) is 9.47. The second kappa shape index (κ2) is 8.06. The summed E-state index contributed by atoms with van der Waals surface area (Å²) in [5.74, 6) is 0. The van der Waals surface area contributed by atoms with Gasteiger partial charge in [0.15, 0.2) is 0 Å². The van der Waals surface area contributed by atoms with E-state index in [-0.39, 0.29) is 6.03 Å². The molecule has 0 radical (unpaired) electrons. The van der Waals surface area contributed by atoms with Crippen LogP contribution in [0.1, 0.15) is 13.3 Å². The van der Waals surface area contributed by atoms with Gasteiger partial charge in [0.1, 0.15) is 0 Å². The monoisotopic (exact) mass is 213 g/mol. The van der Waals surface area contributed by atoms with E-state index < -0.39 is 0 Å². The molecule has 0 aromatic carbocycles. The predicted octanol–water partition coefficient (Wildman–Crippen LogP) is 0.920. The van der Waals surface area contributed by atoms with Gasteiger partial charge in [0.2, 0.25) is 0 Å². The lowest BCUT2D eigenvalue weighted by Crippen LogP contribution is -2.43. The molecule has 0 rings (SSSR count). The molecule has 0 N–H and O–H groups in total. The SMILES string of the molecule is CCN(C)C(=O)N(CCC#N)CCOC. The van der Waals surface area contributed by atoms with Crippen LogP contribution in [0, 0.1) is 11.3 Å². The maximum atomic E-state index is 11.8. The summed E-state index contributed by atoms with van der Waals surface area (Å²) < 4.78 is 4.92. The van der Waals surface area contributed by atoms with Crippen molar-refractivity contribution in [1.29, 1.82) is 5.26 Å². The number of hydrogen-bond acceptors (Lipinski definition) is 3. The number of rotatable bonds is 6. The molecule has 0 bridgehead atoms. The van der Waals surface area contributed by atoms with E-state index in [9.17, 15) is 4.79 Å². The maximum absolute atomic E-state index is 11.8. The Balaban J connectivity index is 4.20. The van der Waals surface area contributed by atoms with Crippen molar-refractivity contribution in [2.24, 2.45) is 0 Å². The van der Waals surface area contributed by atoms with E-state index in [1.54, 1.807) is 24.0 Å². The molecular formula is C10H19N3O2. The standard InChI is InChI=1S/C10H19N3O2/c1-4-12(2)10(14)13(7-5-6-11)8-9-15-3/h4-5,7-9H2,1-3H3. The Morgan fingerprint density at radius 3 is 2.60 bits per heavy atom. The van der Waals surface area contributed by atoms with Crippen molar-refractivity contribution in [2.75, 3.05) is 40.4 Å². The van der Waals surface area contributed by atoms with Gasteiger partial charge in [-0.05, 0) is 6.92 Å². The lowest BCUT2D eigenvalue weighted by molar-refractivity contribution is 0.133. The topological polar surface area (TPSA) is 56.6 Å². The van der Waals surface area contributed by atoms with E-state index in [0.717, 1.165) is 0 Å². The van der Waals surface area contributed by atoms with Crippen molar-refractivity contribution < 1.29 is 9.53 Å². The fourth-order valence-corrected chi connectivity index (χ4v) is 1.07. The first kappa shape index (κ1) is 13.7. The van der Waals surface area contributed by atoms with Gasteiger partial charge in [-0.2, -0.15) is 5.26 Å². The number of carbonyl (C=O) groups excluding carboxylic acids is 1. The minimum absolute atomic E-state index is 0.0511. The molecule has 0 unspecified atom stereocenters. The van der Waals surface area contributed by atoms with E-state index in [0.29, 0.717) is 32.7 Å². The Bertz CT molecular complexity index is 225. The van der Waals surface area contributed by atoms with Gasteiger partial charge >= 0.3 is 6.03 Å². The summed E-state index contributed by atoms with van der Waals surface area (Å²) in [4.78, 5) is 15.0. The lowest BCUT2D eigenvalue weighted by Gasteiger charge is -2.26. The van der Waals surface area contributed by atoms with Crippen LogP contribution in [0.5, 0.6) is 0 Å². The van der Waals surface area contributed by atoms with E-state index >= 15 is 0 Å². The van der Waals surface area contributed by atoms with Gasteiger partial charge in [0, 0.05) is 33.8 Å². The Kier molecular flexibility index (Phi) is 7.38. The third-order valence-corrected chi connectivity index (χ3v) is 2.13. The number of carbonyl (C=O) groups is 1. The molecule has 0 spiro atoms. The van der Waals surface area contributed by atoms with Gasteiger partial charge in [-0.1, -0.05) is 0 Å². The molecule has 0 aromatic heterocycles. The van der Waals surface area contributed by atoms with Crippen LogP contribution < -0.4 is 0 Å². The number of amides is 2. The second-order valence-electron chi connectivity index (χ2n) is 3.18. The van der Waals surface area contributed by atoms with Crippen molar-refractivity contribution in [1.82, 2.24) is 9.80 Å². The Hall–Kier alpha value is -1.28. The molecule has 2 amide bonds. The largest absolute Gasteiger partial charge is 0.383 e. The van der Waals surface area contributed by atoms with E-state index in [1.807, 2.05) is 13.0 Å². The zero-order valence-electron chi connectivity index (χ0n) is 9.69. The number of ether oxygens (including phenoxy) is 1. The van der Waals surface area contributed by atoms with Gasteiger partial charge < -0.3 is 14.5 Å². The highest BCUT2D eigenvalue weighted by atomic mass is 16.5. The molecule has 5 heteroatoms. The van der Waals surface area contributed by atoms with Crippen molar-refractivity contribution in [3.05, 3.63) is 0 Å². The minimum atomic E-state index is -0.0511. The smallest absolute Gasteiger partial charge is 0.319 e. The van der Waals surface area contributed by atoms with Crippen LogP contribution >= 0.6 is 0 Å². The average molecular weight is 213 g/mol. The lowest BCUT2D eigenvalue weighted by atomic mass is 10.4. The van der Waals surface area contributed by atoms with Crippen LogP contribution in [0.25, 0.3) is 0 Å². The fourth-order valence-electron chi connectivity index (χ4n) is 1.07. The summed E-state index contributed by atoms with van der Waals surface area (Å²) in [5.41, 5.74) is 0. The van der Waals surface area contributed by atoms with Gasteiger partial charge in [-0.3, -0.25) is 0 Å². The fraction of sp³-hybridized carbons (Fsp3) is 0.800. The molecule has 0 aliphatic heterocycles. The highest BCUT2D eigenvalue weighted by Gasteiger charge is 2.15. The summed E-state index contributed by atoms with van der Waals surface area (Å²) in [6.07, 6.45) is 0.354. The summed E-state index contributed by atoms with van der Waals surface area (Å²) in [7, 11) is 3.34. The molecule has 0 heterocycles. The summed E-state index contributed by atoms with van der Waals surface area (Å²) >= 11 is 0. The maximum Gasteiger partial charge on any atom is 0.319 e. The molecular weight excluding hydrogens is 194 g/mol. The molecule has 0 fully saturated rings. The minimum Gasteiger partial charge on any atom is -0.383 e. The van der Waals surface area contributed by atoms with Crippen LogP contribution in [-0.2, 0) is 4.74 Å². The van der Waals surface area contributed by atoms with E-state index in [2.05, 4.69) is 0 Å². The molecule has 15 heavy (non-hydrogen) atoms. The molecule has 0 aliphatic rings. The molecule has 0 atom stereocenters. The van der Waals surface area contributed by atoms with Crippen molar-refractivity contribution >= 4 is 6.03 Å². The second-order valence-corrected chi connectivity index (χ2v) is 3.18. The molecule has 0 saturated carbocycles. The predicted molar refractivity (Wildman–Crippen MR) is 57.4 cm³/mol. The highest BCUT2D eigenvalue weighted by Crippen LogP contribution is 1.98. The van der Waals surface area contributed by atoms with Crippen LogP contribution in [-0.4, -0.2) is 56.2 Å². The Labute approximate surface area is 91.2 Å². The number of methoxy groups -OCH3 is 1. The van der Waals surface area contributed by atoms with Crippen LogP contribution in [0.15, 0.2) is 0 Å². The number of urea groups is 1. The van der Waals surface area contributed by atoms with Crippen molar-refractivity contribution in [2.45, 2.75) is 13.3 Å². The first-order valence-corrected chi connectivity index (χ1v) is 5.03. The van der Waals surface area contributed by atoms with Gasteiger partial charge in [-0.25, -0.2) is 4.79 Å². The third-order valence-electron chi connectivity index (χ3n) is 2.13. The average Bonchev–Trinajstić information content (AvgIpc) is 2.27. The number of nitrogens with zero attached hydrogens (tertiary/aromatic N) is 3. The van der Waals surface area contributed by atoms with Crippen molar-refractivity contribution in [3.63, 3.8) is 0 Å². The Morgan fingerprint density at radius 1 is 1.47 bits per heavy atom. The first-order valence-electron chi connectivity index (χ1n) is 5.03. The summed E-state index contributed by atoms with van der Waals surface area (Å²) in [6, 6.07) is 1.98. The molecule has 0 saturated heterocycles. The summed E-state index contributed by atoms with van der Waals surface area (Å²) in [5, 5.41) is 8.49. The highest BCUT2D eigenvalue weighted by molar-refractivity contribution is 5.74. The molecule has 86 valence electrons. The van der Waals surface area contributed by atoms with E-state index in [4.69, 9.17) is 10.00 Å². The van der Waals surface area contributed by atoms with Crippen molar-refractivity contribution in [3.8, 4) is 6.07 Å². The van der Waals surface area contributed by atoms with Gasteiger partial charge in [0.25, 0.3) is 0 Å². The van der Waals surface area contributed by atoms with Crippen LogP contribution in [0.3, 0.4) is 0 Å². The zero-order chi connectivity index (χ0) is 11.7. The number of nitriles is 1.